The summed E-state index contributed by atoms with van der Waals surface area (Å²) in [7, 11) is 0. The minimum Gasteiger partial charge on any atom is -0.324 e. The van der Waals surface area contributed by atoms with E-state index in [2.05, 4.69) is 37.5 Å². The second kappa shape index (κ2) is 4.13. The first-order valence-electron chi connectivity index (χ1n) is 5.28. The van der Waals surface area contributed by atoms with E-state index in [1.807, 2.05) is 13.1 Å². The predicted molar refractivity (Wildman–Crippen MR) is 59.3 cm³/mol. The van der Waals surface area contributed by atoms with Gasteiger partial charge in [0.15, 0.2) is 0 Å². The third-order valence-electron chi connectivity index (χ3n) is 2.39. The van der Waals surface area contributed by atoms with E-state index < -0.39 is 0 Å². The molecule has 0 aromatic carbocycles. The Bertz CT molecular complexity index is 272. The molecule has 1 aromatic rings. The van der Waals surface area contributed by atoms with E-state index >= 15 is 0 Å². The van der Waals surface area contributed by atoms with Crippen molar-refractivity contribution in [2.75, 3.05) is 0 Å². The van der Waals surface area contributed by atoms with Crippen molar-refractivity contribution in [3.63, 3.8) is 0 Å². The minimum atomic E-state index is 0.0694. The lowest BCUT2D eigenvalue weighted by atomic mass is 10.0. The molecule has 0 aliphatic carbocycles. The van der Waals surface area contributed by atoms with Crippen LogP contribution in [0, 0.1) is 0 Å². The van der Waals surface area contributed by atoms with Crippen LogP contribution >= 0.6 is 0 Å². The van der Waals surface area contributed by atoms with E-state index in [1.54, 1.807) is 0 Å². The number of nitrogens with two attached hydrogens (primary N) is 1. The fourth-order valence-electron chi connectivity index (χ4n) is 1.75. The van der Waals surface area contributed by atoms with Gasteiger partial charge in [-0.15, -0.1) is 0 Å². The standard InChI is InChI=1S/C11H21N3/c1-7(2)11-10(9(5)12)6-13-14(11)8(3)4/h6-9H,12H2,1-5H3. The molecule has 1 aromatic heterocycles. The second-order valence-electron chi connectivity index (χ2n) is 4.47. The number of aromatic nitrogens is 2. The lowest BCUT2D eigenvalue weighted by molar-refractivity contribution is 0.495. The summed E-state index contributed by atoms with van der Waals surface area (Å²) in [6, 6.07) is 0.472. The molecule has 0 fully saturated rings. The molecule has 0 saturated heterocycles. The van der Waals surface area contributed by atoms with Crippen molar-refractivity contribution in [3.8, 4) is 0 Å². The molecule has 1 heterocycles. The van der Waals surface area contributed by atoms with Gasteiger partial charge in [-0.25, -0.2) is 0 Å². The molecular formula is C11H21N3. The maximum atomic E-state index is 5.91. The summed E-state index contributed by atoms with van der Waals surface area (Å²) in [6.07, 6.45) is 1.90. The molecule has 14 heavy (non-hydrogen) atoms. The normalized spacial score (nSPS) is 14.0. The van der Waals surface area contributed by atoms with Gasteiger partial charge in [-0.05, 0) is 26.7 Å². The van der Waals surface area contributed by atoms with Crippen molar-refractivity contribution in [1.29, 1.82) is 0 Å². The quantitative estimate of drug-likeness (QED) is 0.805. The van der Waals surface area contributed by atoms with Crippen LogP contribution in [0.25, 0.3) is 0 Å². The highest BCUT2D eigenvalue weighted by molar-refractivity contribution is 5.24. The number of rotatable bonds is 3. The van der Waals surface area contributed by atoms with Crippen molar-refractivity contribution >= 4 is 0 Å². The number of nitrogens with zero attached hydrogens (tertiary/aromatic N) is 2. The van der Waals surface area contributed by atoms with Crippen LogP contribution in [0.1, 0.15) is 63.9 Å². The first kappa shape index (κ1) is 11.2. The molecule has 1 atom stereocenters. The molecule has 0 spiro atoms. The summed E-state index contributed by atoms with van der Waals surface area (Å²) in [4.78, 5) is 0. The van der Waals surface area contributed by atoms with Crippen LogP contribution in [-0.4, -0.2) is 9.78 Å². The molecule has 1 rings (SSSR count). The number of hydrogen-bond donors (Lipinski definition) is 1. The highest BCUT2D eigenvalue weighted by atomic mass is 15.3. The summed E-state index contributed by atoms with van der Waals surface area (Å²) in [5, 5.41) is 4.39. The fraction of sp³-hybridized carbons (Fsp3) is 0.727. The van der Waals surface area contributed by atoms with Crippen molar-refractivity contribution in [3.05, 3.63) is 17.5 Å². The zero-order chi connectivity index (χ0) is 10.9. The molecular weight excluding hydrogens is 174 g/mol. The molecule has 2 N–H and O–H groups in total. The van der Waals surface area contributed by atoms with Crippen molar-refractivity contribution in [2.45, 2.75) is 52.6 Å². The predicted octanol–water partition coefficient (Wildman–Crippen LogP) is 2.61. The van der Waals surface area contributed by atoms with Gasteiger partial charge in [0.25, 0.3) is 0 Å². The molecule has 0 aliphatic rings. The van der Waals surface area contributed by atoms with Gasteiger partial charge in [-0.1, -0.05) is 13.8 Å². The SMILES string of the molecule is CC(C)c1c(C(C)N)cnn1C(C)C. The third-order valence-corrected chi connectivity index (χ3v) is 2.39. The van der Waals surface area contributed by atoms with E-state index in [4.69, 9.17) is 5.73 Å². The maximum absolute atomic E-state index is 5.91. The zero-order valence-electron chi connectivity index (χ0n) is 9.78. The Morgan fingerprint density at radius 2 is 1.79 bits per heavy atom. The minimum absolute atomic E-state index is 0.0694. The van der Waals surface area contributed by atoms with E-state index in [9.17, 15) is 0 Å². The Hall–Kier alpha value is -0.830. The smallest absolute Gasteiger partial charge is 0.0540 e. The molecule has 1 unspecified atom stereocenters. The van der Waals surface area contributed by atoms with Crippen molar-refractivity contribution < 1.29 is 0 Å². The van der Waals surface area contributed by atoms with Crippen LogP contribution in [0.2, 0.25) is 0 Å². The van der Waals surface area contributed by atoms with Gasteiger partial charge in [0, 0.05) is 23.3 Å². The lowest BCUT2D eigenvalue weighted by Crippen LogP contribution is -2.13. The maximum Gasteiger partial charge on any atom is 0.0540 e. The van der Waals surface area contributed by atoms with E-state index in [0.717, 1.165) is 0 Å². The zero-order valence-corrected chi connectivity index (χ0v) is 9.78. The summed E-state index contributed by atoms with van der Waals surface area (Å²) in [5.41, 5.74) is 8.36. The topological polar surface area (TPSA) is 43.8 Å². The van der Waals surface area contributed by atoms with Gasteiger partial charge < -0.3 is 5.73 Å². The molecule has 0 amide bonds. The molecule has 0 aliphatic heterocycles. The monoisotopic (exact) mass is 195 g/mol. The third kappa shape index (κ3) is 1.98. The summed E-state index contributed by atoms with van der Waals surface area (Å²) >= 11 is 0. The molecule has 0 saturated carbocycles. The van der Waals surface area contributed by atoms with E-state index in [1.165, 1.54) is 11.3 Å². The second-order valence-corrected chi connectivity index (χ2v) is 4.47. The Morgan fingerprint density at radius 3 is 2.14 bits per heavy atom. The molecule has 3 nitrogen and oxygen atoms in total. The highest BCUT2D eigenvalue weighted by Crippen LogP contribution is 2.25. The summed E-state index contributed by atoms with van der Waals surface area (Å²) in [5.74, 6) is 0.473. The Labute approximate surface area is 86.3 Å². The summed E-state index contributed by atoms with van der Waals surface area (Å²) < 4.78 is 2.07. The van der Waals surface area contributed by atoms with Crippen LogP contribution in [0.4, 0.5) is 0 Å². The van der Waals surface area contributed by atoms with Crippen molar-refractivity contribution in [1.82, 2.24) is 9.78 Å². The van der Waals surface area contributed by atoms with Gasteiger partial charge in [-0.2, -0.15) is 5.10 Å². The first-order valence-corrected chi connectivity index (χ1v) is 5.28. The van der Waals surface area contributed by atoms with Gasteiger partial charge >= 0.3 is 0 Å². The van der Waals surface area contributed by atoms with Gasteiger partial charge in [0.2, 0.25) is 0 Å². The van der Waals surface area contributed by atoms with E-state index in [-0.39, 0.29) is 6.04 Å². The first-order chi connectivity index (χ1) is 6.45. The lowest BCUT2D eigenvalue weighted by Gasteiger charge is -2.16. The van der Waals surface area contributed by atoms with Gasteiger partial charge in [0.05, 0.1) is 6.20 Å². The molecule has 0 radical (unpaired) electrons. The largest absolute Gasteiger partial charge is 0.324 e. The highest BCUT2D eigenvalue weighted by Gasteiger charge is 2.17. The van der Waals surface area contributed by atoms with E-state index in [0.29, 0.717) is 12.0 Å². The Morgan fingerprint density at radius 1 is 1.21 bits per heavy atom. The van der Waals surface area contributed by atoms with Gasteiger partial charge in [-0.3, -0.25) is 4.68 Å². The Kier molecular flexibility index (Phi) is 3.32. The fourth-order valence-corrected chi connectivity index (χ4v) is 1.75. The Balaban J connectivity index is 3.20. The van der Waals surface area contributed by atoms with Crippen LogP contribution in [0.5, 0.6) is 0 Å². The average molecular weight is 195 g/mol. The average Bonchev–Trinajstić information content (AvgIpc) is 2.46. The van der Waals surface area contributed by atoms with Crippen LogP contribution in [-0.2, 0) is 0 Å². The van der Waals surface area contributed by atoms with Crippen LogP contribution in [0.3, 0.4) is 0 Å². The van der Waals surface area contributed by atoms with Crippen LogP contribution < -0.4 is 5.73 Å². The van der Waals surface area contributed by atoms with Crippen LogP contribution in [0.15, 0.2) is 6.20 Å². The molecule has 0 bridgehead atoms. The summed E-state index contributed by atoms with van der Waals surface area (Å²) in [6.45, 7) is 10.7. The van der Waals surface area contributed by atoms with Crippen molar-refractivity contribution in [2.24, 2.45) is 5.73 Å². The number of hydrogen-bond acceptors (Lipinski definition) is 2. The molecule has 3 heteroatoms. The van der Waals surface area contributed by atoms with Gasteiger partial charge in [0.1, 0.15) is 0 Å². The molecule has 80 valence electrons.